The average Bonchev–Trinajstić information content (AvgIpc) is 2.59. The summed E-state index contributed by atoms with van der Waals surface area (Å²) in [4.78, 5) is 22.2. The standard InChI is InChI=1S/C17H12F3NO5/c1-26-15-9-10(8-13(16(15)23)21(24)25)6-7-14(22)11-4-2-3-5-12(11)17(18,19)20/h2-9,23H,1H3/b7-6+. The molecule has 0 fully saturated rings. The summed E-state index contributed by atoms with van der Waals surface area (Å²) in [6.07, 6.45) is -2.73. The molecule has 26 heavy (non-hydrogen) atoms. The lowest BCUT2D eigenvalue weighted by atomic mass is 10.0. The molecule has 0 amide bonds. The Balaban J connectivity index is 2.41. The largest absolute Gasteiger partial charge is 0.500 e. The molecular formula is C17H12F3NO5. The number of hydrogen-bond donors (Lipinski definition) is 1. The van der Waals surface area contributed by atoms with Crippen LogP contribution in [0.15, 0.2) is 42.5 Å². The molecule has 2 rings (SSSR count). The van der Waals surface area contributed by atoms with Crippen molar-refractivity contribution in [2.75, 3.05) is 7.11 Å². The number of nitrogens with zero attached hydrogens (tertiary/aromatic N) is 1. The minimum Gasteiger partial charge on any atom is -0.500 e. The second-order valence-electron chi connectivity index (χ2n) is 5.09. The number of carbonyl (C=O) groups is 1. The summed E-state index contributed by atoms with van der Waals surface area (Å²) in [5.74, 6) is -1.82. The van der Waals surface area contributed by atoms with Crippen molar-refractivity contribution in [3.8, 4) is 11.5 Å². The Morgan fingerprint density at radius 3 is 2.50 bits per heavy atom. The molecule has 0 saturated heterocycles. The summed E-state index contributed by atoms with van der Waals surface area (Å²) in [7, 11) is 1.18. The molecule has 2 aromatic carbocycles. The Bertz CT molecular complexity index is 890. The highest BCUT2D eigenvalue weighted by Crippen LogP contribution is 2.37. The van der Waals surface area contributed by atoms with Crippen LogP contribution in [-0.4, -0.2) is 22.9 Å². The van der Waals surface area contributed by atoms with Crippen molar-refractivity contribution in [3.63, 3.8) is 0 Å². The molecule has 0 spiro atoms. The predicted molar refractivity (Wildman–Crippen MR) is 86.1 cm³/mol. The number of phenolic OH excluding ortho intramolecular Hbond substituents is 1. The van der Waals surface area contributed by atoms with E-state index in [9.17, 15) is 33.2 Å². The number of methoxy groups -OCH3 is 1. The molecule has 0 unspecified atom stereocenters. The van der Waals surface area contributed by atoms with E-state index in [4.69, 9.17) is 4.74 Å². The Morgan fingerprint density at radius 2 is 1.92 bits per heavy atom. The highest BCUT2D eigenvalue weighted by Gasteiger charge is 2.34. The van der Waals surface area contributed by atoms with Crippen molar-refractivity contribution in [1.29, 1.82) is 0 Å². The van der Waals surface area contributed by atoms with Gasteiger partial charge in [-0.3, -0.25) is 14.9 Å². The van der Waals surface area contributed by atoms with E-state index in [1.54, 1.807) is 0 Å². The monoisotopic (exact) mass is 367 g/mol. The maximum atomic E-state index is 13.0. The van der Waals surface area contributed by atoms with E-state index in [1.807, 2.05) is 0 Å². The van der Waals surface area contributed by atoms with Gasteiger partial charge >= 0.3 is 11.9 Å². The van der Waals surface area contributed by atoms with Gasteiger partial charge in [-0.25, -0.2) is 0 Å². The zero-order chi connectivity index (χ0) is 19.5. The normalized spacial score (nSPS) is 11.5. The Morgan fingerprint density at radius 1 is 1.27 bits per heavy atom. The van der Waals surface area contributed by atoms with E-state index >= 15 is 0 Å². The van der Waals surface area contributed by atoms with E-state index < -0.39 is 39.4 Å². The molecule has 0 aliphatic carbocycles. The number of rotatable bonds is 5. The number of benzene rings is 2. The first kappa shape index (κ1) is 19.0. The second-order valence-corrected chi connectivity index (χ2v) is 5.09. The Hall–Kier alpha value is -3.36. The van der Waals surface area contributed by atoms with Gasteiger partial charge < -0.3 is 9.84 Å². The Kier molecular flexibility index (Phi) is 5.30. The maximum absolute atomic E-state index is 13.0. The molecular weight excluding hydrogens is 355 g/mol. The summed E-state index contributed by atoms with van der Waals surface area (Å²) in [6, 6.07) is 6.46. The van der Waals surface area contributed by atoms with Gasteiger partial charge in [0.1, 0.15) is 0 Å². The molecule has 0 aliphatic rings. The first-order valence-corrected chi connectivity index (χ1v) is 7.09. The number of nitro groups is 1. The van der Waals surface area contributed by atoms with Crippen LogP contribution in [0.1, 0.15) is 21.5 Å². The number of phenols is 1. The summed E-state index contributed by atoms with van der Waals surface area (Å²) in [5, 5.41) is 20.6. The number of hydrogen-bond acceptors (Lipinski definition) is 5. The molecule has 2 aromatic rings. The summed E-state index contributed by atoms with van der Waals surface area (Å²) in [5.41, 5.74) is -2.18. The minimum atomic E-state index is -4.69. The van der Waals surface area contributed by atoms with Gasteiger partial charge in [-0.2, -0.15) is 13.2 Å². The van der Waals surface area contributed by atoms with Gasteiger partial charge in [-0.1, -0.05) is 24.3 Å². The molecule has 1 N–H and O–H groups in total. The lowest BCUT2D eigenvalue weighted by Crippen LogP contribution is -2.11. The lowest BCUT2D eigenvalue weighted by molar-refractivity contribution is -0.386. The smallest absolute Gasteiger partial charge is 0.417 e. The van der Waals surface area contributed by atoms with Gasteiger partial charge in [-0.05, 0) is 23.8 Å². The molecule has 0 radical (unpaired) electrons. The van der Waals surface area contributed by atoms with Gasteiger partial charge in [0.25, 0.3) is 0 Å². The lowest BCUT2D eigenvalue weighted by Gasteiger charge is -2.10. The molecule has 0 heterocycles. The molecule has 9 heteroatoms. The third-order valence-corrected chi connectivity index (χ3v) is 3.42. The zero-order valence-electron chi connectivity index (χ0n) is 13.3. The van der Waals surface area contributed by atoms with Crippen LogP contribution < -0.4 is 4.74 Å². The SMILES string of the molecule is COc1cc(/C=C/C(=O)c2ccccc2C(F)(F)F)cc([N+](=O)[O-])c1O. The number of halogens is 3. The molecule has 0 aromatic heterocycles. The van der Waals surface area contributed by atoms with Gasteiger partial charge in [0, 0.05) is 11.6 Å². The van der Waals surface area contributed by atoms with Crippen LogP contribution in [0.2, 0.25) is 0 Å². The molecule has 0 atom stereocenters. The minimum absolute atomic E-state index is 0.101. The van der Waals surface area contributed by atoms with Crippen LogP contribution in [-0.2, 0) is 6.18 Å². The maximum Gasteiger partial charge on any atom is 0.417 e. The van der Waals surface area contributed by atoms with Crippen molar-refractivity contribution in [2.24, 2.45) is 0 Å². The third kappa shape index (κ3) is 4.00. The van der Waals surface area contributed by atoms with E-state index in [0.717, 1.165) is 36.4 Å². The average molecular weight is 367 g/mol. The predicted octanol–water partition coefficient (Wildman–Crippen LogP) is 4.22. The van der Waals surface area contributed by atoms with Gasteiger partial charge in [0.2, 0.25) is 5.75 Å². The molecule has 6 nitrogen and oxygen atoms in total. The summed E-state index contributed by atoms with van der Waals surface area (Å²) >= 11 is 0. The molecule has 0 saturated carbocycles. The number of carbonyl (C=O) groups excluding carboxylic acids is 1. The highest BCUT2D eigenvalue weighted by molar-refractivity contribution is 6.08. The summed E-state index contributed by atoms with van der Waals surface area (Å²) in [6.45, 7) is 0. The first-order valence-electron chi connectivity index (χ1n) is 7.09. The first-order chi connectivity index (χ1) is 12.1. The fraction of sp³-hybridized carbons (Fsp3) is 0.118. The molecule has 136 valence electrons. The van der Waals surface area contributed by atoms with E-state index in [1.165, 1.54) is 19.2 Å². The number of ether oxygens (including phenoxy) is 1. The van der Waals surface area contributed by atoms with Crippen molar-refractivity contribution >= 4 is 17.5 Å². The fourth-order valence-electron chi connectivity index (χ4n) is 2.21. The molecule has 0 bridgehead atoms. The van der Waals surface area contributed by atoms with Crippen molar-refractivity contribution in [2.45, 2.75) is 6.18 Å². The zero-order valence-corrected chi connectivity index (χ0v) is 13.3. The van der Waals surface area contributed by atoms with Crippen LogP contribution >= 0.6 is 0 Å². The van der Waals surface area contributed by atoms with Crippen LogP contribution in [0.3, 0.4) is 0 Å². The second kappa shape index (κ2) is 7.26. The summed E-state index contributed by atoms with van der Waals surface area (Å²) < 4.78 is 43.7. The number of alkyl halides is 3. The van der Waals surface area contributed by atoms with Gasteiger partial charge in [0.05, 0.1) is 17.6 Å². The van der Waals surface area contributed by atoms with E-state index in [2.05, 4.69) is 0 Å². The molecule has 0 aliphatic heterocycles. The van der Waals surface area contributed by atoms with Crippen molar-refractivity contribution in [1.82, 2.24) is 0 Å². The van der Waals surface area contributed by atoms with Crippen molar-refractivity contribution in [3.05, 3.63) is 69.3 Å². The Labute approximate surface area is 145 Å². The fourth-order valence-corrected chi connectivity index (χ4v) is 2.21. The van der Waals surface area contributed by atoms with Crippen LogP contribution in [0, 0.1) is 10.1 Å². The number of allylic oxidation sites excluding steroid dienone is 1. The number of ketones is 1. The third-order valence-electron chi connectivity index (χ3n) is 3.42. The van der Waals surface area contributed by atoms with Crippen LogP contribution in [0.4, 0.5) is 18.9 Å². The highest BCUT2D eigenvalue weighted by atomic mass is 19.4. The van der Waals surface area contributed by atoms with E-state index in [-0.39, 0.29) is 11.3 Å². The number of nitro benzene ring substituents is 1. The van der Waals surface area contributed by atoms with E-state index in [0.29, 0.717) is 0 Å². The van der Waals surface area contributed by atoms with Crippen LogP contribution in [0.25, 0.3) is 6.08 Å². The van der Waals surface area contributed by atoms with Crippen molar-refractivity contribution < 1.29 is 32.7 Å². The number of aromatic hydroxyl groups is 1. The quantitative estimate of drug-likeness (QED) is 0.370. The topological polar surface area (TPSA) is 89.7 Å². The van der Waals surface area contributed by atoms with Crippen LogP contribution in [0.5, 0.6) is 11.5 Å². The van der Waals surface area contributed by atoms with Gasteiger partial charge in [0.15, 0.2) is 11.5 Å². The van der Waals surface area contributed by atoms with Gasteiger partial charge in [-0.15, -0.1) is 0 Å².